The second-order valence-electron chi connectivity index (χ2n) is 5.27. The monoisotopic (exact) mass is 366 g/mol. The summed E-state index contributed by atoms with van der Waals surface area (Å²) in [6.45, 7) is 1.90. The molecule has 1 fully saturated rings. The molecule has 1 atom stereocenters. The largest absolute Gasteiger partial charge is 0.336 e. The van der Waals surface area contributed by atoms with Crippen LogP contribution >= 0.6 is 15.9 Å². The fraction of sp³-hybridized carbons (Fsp3) is 0.333. The molecule has 1 aromatic heterocycles. The number of carbonyl (C=O) groups is 1. The topological polar surface area (TPSA) is 50.2 Å². The van der Waals surface area contributed by atoms with E-state index in [1.807, 2.05) is 17.8 Å². The number of aryl methyl sites for hydroxylation is 1. The lowest BCUT2D eigenvalue weighted by molar-refractivity contribution is 0.0620. The first-order chi connectivity index (χ1) is 10.6. The van der Waals surface area contributed by atoms with Crippen molar-refractivity contribution in [3.63, 3.8) is 0 Å². The van der Waals surface area contributed by atoms with Gasteiger partial charge in [-0.25, -0.2) is 9.37 Å². The maximum absolute atomic E-state index is 13.6. The van der Waals surface area contributed by atoms with Gasteiger partial charge in [-0.05, 0) is 18.2 Å². The van der Waals surface area contributed by atoms with Crippen LogP contribution in [0.5, 0.6) is 0 Å². The highest BCUT2D eigenvalue weighted by atomic mass is 79.9. The smallest absolute Gasteiger partial charge is 0.254 e. The molecular weight excluding hydrogens is 351 g/mol. The second kappa shape index (κ2) is 6.18. The summed E-state index contributed by atoms with van der Waals surface area (Å²) >= 11 is 3.23. The van der Waals surface area contributed by atoms with Gasteiger partial charge in [0, 0.05) is 49.1 Å². The Hall–Kier alpha value is -1.73. The molecule has 3 rings (SSSR count). The molecule has 1 saturated heterocycles. The number of hydrogen-bond acceptors (Lipinski definition) is 3. The van der Waals surface area contributed by atoms with Crippen LogP contribution in [0.3, 0.4) is 0 Å². The molecular formula is C15H16BrFN4O. The summed E-state index contributed by atoms with van der Waals surface area (Å²) in [7, 11) is 1.90. The van der Waals surface area contributed by atoms with Crippen LogP contribution < -0.4 is 5.32 Å². The van der Waals surface area contributed by atoms with Gasteiger partial charge in [-0.2, -0.15) is 0 Å². The van der Waals surface area contributed by atoms with Gasteiger partial charge >= 0.3 is 0 Å². The van der Waals surface area contributed by atoms with Crippen LogP contribution in [0.15, 0.2) is 35.1 Å². The van der Waals surface area contributed by atoms with Gasteiger partial charge in [0.15, 0.2) is 0 Å². The lowest BCUT2D eigenvalue weighted by Gasteiger charge is -2.35. The van der Waals surface area contributed by atoms with Crippen LogP contribution in [0.2, 0.25) is 0 Å². The molecule has 1 aliphatic heterocycles. The van der Waals surface area contributed by atoms with E-state index in [0.29, 0.717) is 29.7 Å². The van der Waals surface area contributed by atoms with Gasteiger partial charge in [-0.3, -0.25) is 4.79 Å². The van der Waals surface area contributed by atoms with Crippen LogP contribution in [-0.4, -0.2) is 40.0 Å². The average Bonchev–Trinajstić information content (AvgIpc) is 2.91. The molecule has 1 amide bonds. The van der Waals surface area contributed by atoms with Crippen molar-refractivity contribution >= 4 is 21.8 Å². The molecule has 2 heterocycles. The molecule has 0 saturated carbocycles. The van der Waals surface area contributed by atoms with E-state index in [4.69, 9.17) is 0 Å². The molecule has 0 spiro atoms. The van der Waals surface area contributed by atoms with Crippen molar-refractivity contribution in [1.29, 1.82) is 0 Å². The maximum Gasteiger partial charge on any atom is 0.254 e. The van der Waals surface area contributed by atoms with Gasteiger partial charge in [0.2, 0.25) is 0 Å². The zero-order valence-electron chi connectivity index (χ0n) is 12.1. The maximum atomic E-state index is 13.6. The van der Waals surface area contributed by atoms with Crippen molar-refractivity contribution in [2.24, 2.45) is 7.05 Å². The minimum absolute atomic E-state index is 0.164. The summed E-state index contributed by atoms with van der Waals surface area (Å²) in [5, 5.41) is 3.28. The van der Waals surface area contributed by atoms with Crippen molar-refractivity contribution in [1.82, 2.24) is 19.8 Å². The lowest BCUT2D eigenvalue weighted by atomic mass is 10.1. The highest BCUT2D eigenvalue weighted by Crippen LogP contribution is 2.24. The number of amides is 1. The minimum atomic E-state index is -0.429. The predicted molar refractivity (Wildman–Crippen MR) is 84.0 cm³/mol. The molecule has 2 aromatic rings. The molecule has 5 nitrogen and oxygen atoms in total. The Bertz CT molecular complexity index is 682. The Morgan fingerprint density at radius 2 is 2.27 bits per heavy atom. The van der Waals surface area contributed by atoms with E-state index < -0.39 is 5.82 Å². The number of carbonyl (C=O) groups excluding carboxylic acids is 1. The first-order valence-corrected chi connectivity index (χ1v) is 7.80. The van der Waals surface area contributed by atoms with Crippen LogP contribution in [0.4, 0.5) is 4.39 Å². The molecule has 0 bridgehead atoms. The number of hydrogen-bond donors (Lipinski definition) is 1. The van der Waals surface area contributed by atoms with E-state index in [2.05, 4.69) is 26.2 Å². The highest BCUT2D eigenvalue weighted by molar-refractivity contribution is 9.10. The first-order valence-electron chi connectivity index (χ1n) is 7.01. The zero-order chi connectivity index (χ0) is 15.7. The van der Waals surface area contributed by atoms with Crippen LogP contribution in [-0.2, 0) is 7.05 Å². The van der Waals surface area contributed by atoms with E-state index >= 15 is 0 Å². The van der Waals surface area contributed by atoms with Crippen LogP contribution in [0.25, 0.3) is 0 Å². The standard InChI is InChI=1S/C15H16BrFN4O/c1-20-4-3-19-14(20)13-9-18-2-5-21(13)15(22)10-6-11(16)8-12(17)7-10/h3-4,6-8,13,18H,2,5,9H2,1H3. The Morgan fingerprint density at radius 3 is 2.95 bits per heavy atom. The number of halogens is 2. The van der Waals surface area contributed by atoms with E-state index in [1.165, 1.54) is 12.1 Å². The van der Waals surface area contributed by atoms with Crippen LogP contribution in [0.1, 0.15) is 22.2 Å². The summed E-state index contributed by atoms with van der Waals surface area (Å²) in [5.74, 6) is 0.201. The summed E-state index contributed by atoms with van der Waals surface area (Å²) in [5.41, 5.74) is 0.341. The SMILES string of the molecule is Cn1ccnc1C1CNCCN1C(=O)c1cc(F)cc(Br)c1. The fourth-order valence-corrected chi connectivity index (χ4v) is 3.18. The molecule has 116 valence electrons. The van der Waals surface area contributed by atoms with E-state index in [9.17, 15) is 9.18 Å². The molecule has 1 aromatic carbocycles. The Balaban J connectivity index is 1.93. The number of nitrogens with zero attached hydrogens (tertiary/aromatic N) is 3. The van der Waals surface area contributed by atoms with E-state index in [0.717, 1.165) is 5.82 Å². The van der Waals surface area contributed by atoms with Crippen molar-refractivity contribution < 1.29 is 9.18 Å². The van der Waals surface area contributed by atoms with Crippen molar-refractivity contribution in [2.45, 2.75) is 6.04 Å². The summed E-state index contributed by atoms with van der Waals surface area (Å²) in [6, 6.07) is 4.08. The molecule has 0 radical (unpaired) electrons. The Morgan fingerprint density at radius 1 is 1.45 bits per heavy atom. The van der Waals surface area contributed by atoms with Crippen molar-refractivity contribution in [2.75, 3.05) is 19.6 Å². The molecule has 7 heteroatoms. The van der Waals surface area contributed by atoms with Crippen molar-refractivity contribution in [3.8, 4) is 0 Å². The summed E-state index contributed by atoms with van der Waals surface area (Å²) in [6.07, 6.45) is 3.57. The zero-order valence-corrected chi connectivity index (χ0v) is 13.7. The number of aromatic nitrogens is 2. The summed E-state index contributed by atoms with van der Waals surface area (Å²) < 4.78 is 16.0. The van der Waals surface area contributed by atoms with Gasteiger partial charge in [-0.15, -0.1) is 0 Å². The first kappa shape index (κ1) is 15.2. The third-order valence-corrected chi connectivity index (χ3v) is 4.23. The predicted octanol–water partition coefficient (Wildman–Crippen LogP) is 2.11. The third-order valence-electron chi connectivity index (χ3n) is 3.77. The van der Waals surface area contributed by atoms with Gasteiger partial charge in [0.05, 0.1) is 0 Å². The van der Waals surface area contributed by atoms with Crippen molar-refractivity contribution in [3.05, 3.63) is 52.3 Å². The molecule has 22 heavy (non-hydrogen) atoms. The number of imidazole rings is 1. The summed E-state index contributed by atoms with van der Waals surface area (Å²) in [4.78, 5) is 18.9. The molecule has 1 N–H and O–H groups in total. The van der Waals surface area contributed by atoms with E-state index in [-0.39, 0.29) is 11.9 Å². The second-order valence-corrected chi connectivity index (χ2v) is 6.19. The van der Waals surface area contributed by atoms with E-state index in [1.54, 1.807) is 17.2 Å². The normalized spacial score (nSPS) is 18.5. The number of piperazine rings is 1. The fourth-order valence-electron chi connectivity index (χ4n) is 2.72. The lowest BCUT2D eigenvalue weighted by Crippen LogP contribution is -2.49. The van der Waals surface area contributed by atoms with Gasteiger partial charge in [0.1, 0.15) is 17.7 Å². The number of nitrogens with one attached hydrogen (secondary N) is 1. The van der Waals surface area contributed by atoms with Gasteiger partial charge in [-0.1, -0.05) is 15.9 Å². The minimum Gasteiger partial charge on any atom is -0.336 e. The Labute approximate surface area is 136 Å². The number of benzene rings is 1. The number of rotatable bonds is 2. The molecule has 1 unspecified atom stereocenters. The molecule has 1 aliphatic rings. The van der Waals surface area contributed by atoms with Crippen LogP contribution in [0, 0.1) is 5.82 Å². The Kier molecular flexibility index (Phi) is 4.26. The molecule has 0 aliphatic carbocycles. The third kappa shape index (κ3) is 2.91. The quantitative estimate of drug-likeness (QED) is 0.885. The van der Waals surface area contributed by atoms with Gasteiger partial charge in [0.25, 0.3) is 5.91 Å². The average molecular weight is 367 g/mol. The van der Waals surface area contributed by atoms with Gasteiger partial charge < -0.3 is 14.8 Å². The highest BCUT2D eigenvalue weighted by Gasteiger charge is 2.31.